The summed E-state index contributed by atoms with van der Waals surface area (Å²) in [6.07, 6.45) is 1.06. The van der Waals surface area contributed by atoms with E-state index in [0.717, 1.165) is 26.1 Å². The molecule has 0 aromatic carbocycles. The van der Waals surface area contributed by atoms with Gasteiger partial charge in [-0.05, 0) is 6.54 Å². The maximum absolute atomic E-state index is 5.83. The second-order valence-electron chi connectivity index (χ2n) is 2.96. The van der Waals surface area contributed by atoms with E-state index in [0.29, 0.717) is 4.47 Å². The normalized spacial score (nSPS) is 17.8. The third-order valence-corrected chi connectivity index (χ3v) is 3.42. The summed E-state index contributed by atoms with van der Waals surface area (Å²) in [7, 11) is 0. The first-order valence-electron chi connectivity index (χ1n) is 4.16. The molecule has 0 bridgehead atoms. The van der Waals surface area contributed by atoms with Crippen LogP contribution in [0.3, 0.4) is 0 Å². The predicted octanol–water partition coefficient (Wildman–Crippen LogP) is 2.17. The molecule has 1 aliphatic heterocycles. The summed E-state index contributed by atoms with van der Waals surface area (Å²) in [5, 5.41) is 0. The molecule has 0 fully saturated rings. The van der Waals surface area contributed by atoms with Crippen LogP contribution in [0.25, 0.3) is 0 Å². The van der Waals surface area contributed by atoms with Gasteiger partial charge in [0.1, 0.15) is 0 Å². The van der Waals surface area contributed by atoms with E-state index in [1.165, 1.54) is 10.6 Å². The van der Waals surface area contributed by atoms with Gasteiger partial charge in [-0.25, -0.2) is 4.98 Å². The zero-order chi connectivity index (χ0) is 8.55. The van der Waals surface area contributed by atoms with Crippen molar-refractivity contribution in [3.63, 3.8) is 0 Å². The Morgan fingerprint density at radius 2 is 2.50 bits per heavy atom. The fourth-order valence-electron chi connectivity index (χ4n) is 1.49. The molecule has 4 heteroatoms. The number of aromatic nitrogens is 1. The van der Waals surface area contributed by atoms with Crippen LogP contribution in [0.4, 0.5) is 0 Å². The topological polar surface area (TPSA) is 16.1 Å². The highest BCUT2D eigenvalue weighted by molar-refractivity contribution is 7.15. The minimum absolute atomic E-state index is 0.693. The van der Waals surface area contributed by atoms with Crippen LogP contribution < -0.4 is 0 Å². The first kappa shape index (κ1) is 8.48. The molecule has 0 atom stereocenters. The Hall–Kier alpha value is -0.120. The highest BCUT2D eigenvalue weighted by Crippen LogP contribution is 2.27. The predicted molar refractivity (Wildman–Crippen MR) is 51.8 cm³/mol. The second kappa shape index (κ2) is 3.32. The van der Waals surface area contributed by atoms with Gasteiger partial charge in [0.25, 0.3) is 0 Å². The number of thiazole rings is 1. The first-order valence-corrected chi connectivity index (χ1v) is 5.35. The Balaban J connectivity index is 2.22. The van der Waals surface area contributed by atoms with E-state index in [-0.39, 0.29) is 0 Å². The van der Waals surface area contributed by atoms with Crippen molar-refractivity contribution in [2.24, 2.45) is 0 Å². The average molecular weight is 203 g/mol. The van der Waals surface area contributed by atoms with Crippen molar-refractivity contribution in [1.82, 2.24) is 9.88 Å². The average Bonchev–Trinajstić information content (AvgIpc) is 2.43. The molecule has 0 spiro atoms. The molecule has 0 saturated carbocycles. The van der Waals surface area contributed by atoms with E-state index in [2.05, 4.69) is 16.8 Å². The van der Waals surface area contributed by atoms with Gasteiger partial charge >= 0.3 is 0 Å². The molecule has 2 rings (SSSR count). The molecular weight excluding hydrogens is 192 g/mol. The summed E-state index contributed by atoms with van der Waals surface area (Å²) in [6.45, 7) is 5.47. The number of halogens is 1. The Kier molecular flexibility index (Phi) is 2.35. The fourth-order valence-corrected chi connectivity index (χ4v) is 2.74. The number of nitrogens with zero attached hydrogens (tertiary/aromatic N) is 2. The van der Waals surface area contributed by atoms with Gasteiger partial charge in [0.2, 0.25) is 0 Å². The molecule has 0 unspecified atom stereocenters. The van der Waals surface area contributed by atoms with E-state index in [4.69, 9.17) is 11.6 Å². The van der Waals surface area contributed by atoms with Crippen LogP contribution in [0, 0.1) is 0 Å². The Morgan fingerprint density at radius 1 is 1.67 bits per heavy atom. The van der Waals surface area contributed by atoms with Crippen molar-refractivity contribution < 1.29 is 0 Å². The SMILES string of the molecule is CCN1CCc2nc(Cl)sc2C1. The number of hydrogen-bond donors (Lipinski definition) is 0. The highest BCUT2D eigenvalue weighted by atomic mass is 35.5. The Morgan fingerprint density at radius 3 is 3.25 bits per heavy atom. The van der Waals surface area contributed by atoms with Gasteiger partial charge in [-0.2, -0.15) is 0 Å². The molecule has 66 valence electrons. The molecule has 2 nitrogen and oxygen atoms in total. The van der Waals surface area contributed by atoms with Gasteiger partial charge in [0.05, 0.1) is 5.69 Å². The first-order chi connectivity index (χ1) is 5.79. The van der Waals surface area contributed by atoms with Crippen LogP contribution in [-0.2, 0) is 13.0 Å². The zero-order valence-corrected chi connectivity index (χ0v) is 8.58. The summed E-state index contributed by atoms with van der Waals surface area (Å²) in [6, 6.07) is 0. The van der Waals surface area contributed by atoms with Gasteiger partial charge in [-0.1, -0.05) is 18.5 Å². The summed E-state index contributed by atoms with van der Waals surface area (Å²) in [5.41, 5.74) is 1.22. The van der Waals surface area contributed by atoms with Gasteiger partial charge in [0.15, 0.2) is 4.47 Å². The van der Waals surface area contributed by atoms with Gasteiger partial charge in [0, 0.05) is 24.4 Å². The van der Waals surface area contributed by atoms with Crippen molar-refractivity contribution in [2.75, 3.05) is 13.1 Å². The minimum Gasteiger partial charge on any atom is -0.298 e. The quantitative estimate of drug-likeness (QED) is 0.694. The van der Waals surface area contributed by atoms with Gasteiger partial charge in [-0.3, -0.25) is 4.90 Å². The molecular formula is C8H11ClN2S. The largest absolute Gasteiger partial charge is 0.298 e. The molecule has 0 radical (unpaired) electrons. The summed E-state index contributed by atoms with van der Waals surface area (Å²) in [4.78, 5) is 8.05. The molecule has 12 heavy (non-hydrogen) atoms. The number of rotatable bonds is 1. The lowest BCUT2D eigenvalue weighted by molar-refractivity contribution is 0.270. The lowest BCUT2D eigenvalue weighted by atomic mass is 10.2. The number of fused-ring (bicyclic) bond motifs is 1. The molecule has 0 saturated heterocycles. The Labute approximate surface area is 81.2 Å². The van der Waals surface area contributed by atoms with E-state index < -0.39 is 0 Å². The third-order valence-electron chi connectivity index (χ3n) is 2.23. The van der Waals surface area contributed by atoms with E-state index >= 15 is 0 Å². The van der Waals surface area contributed by atoms with Crippen LogP contribution in [0.15, 0.2) is 0 Å². The molecule has 0 N–H and O–H groups in total. The van der Waals surface area contributed by atoms with Crippen LogP contribution in [0.5, 0.6) is 0 Å². The zero-order valence-electron chi connectivity index (χ0n) is 7.01. The summed E-state index contributed by atoms with van der Waals surface area (Å²) in [5.74, 6) is 0. The highest BCUT2D eigenvalue weighted by Gasteiger charge is 2.18. The van der Waals surface area contributed by atoms with E-state index in [9.17, 15) is 0 Å². The van der Waals surface area contributed by atoms with Crippen LogP contribution >= 0.6 is 22.9 Å². The van der Waals surface area contributed by atoms with Crippen LogP contribution in [0.2, 0.25) is 4.47 Å². The molecule has 0 aliphatic carbocycles. The summed E-state index contributed by atoms with van der Waals surface area (Å²) < 4.78 is 0.693. The lowest BCUT2D eigenvalue weighted by Gasteiger charge is -2.23. The Bertz CT molecular complexity index is 285. The molecule has 1 aliphatic rings. The number of hydrogen-bond acceptors (Lipinski definition) is 3. The van der Waals surface area contributed by atoms with Crippen molar-refractivity contribution >= 4 is 22.9 Å². The molecule has 1 aromatic heterocycles. The fraction of sp³-hybridized carbons (Fsp3) is 0.625. The minimum atomic E-state index is 0.693. The van der Waals surface area contributed by atoms with E-state index in [1.807, 2.05) is 0 Å². The molecule has 2 heterocycles. The molecule has 0 amide bonds. The standard InChI is InChI=1S/C8H11ClN2S/c1-2-11-4-3-6-7(5-11)12-8(9)10-6/h2-5H2,1H3. The molecule has 1 aromatic rings. The number of likely N-dealkylation sites (N-methyl/N-ethyl adjacent to an activating group) is 1. The second-order valence-corrected chi connectivity index (χ2v) is 4.62. The lowest BCUT2D eigenvalue weighted by Crippen LogP contribution is -2.29. The van der Waals surface area contributed by atoms with Gasteiger partial charge in [-0.15, -0.1) is 11.3 Å². The maximum Gasteiger partial charge on any atom is 0.184 e. The van der Waals surface area contributed by atoms with Crippen molar-refractivity contribution in [3.8, 4) is 0 Å². The van der Waals surface area contributed by atoms with Crippen molar-refractivity contribution in [3.05, 3.63) is 15.0 Å². The third kappa shape index (κ3) is 1.49. The van der Waals surface area contributed by atoms with E-state index in [1.54, 1.807) is 11.3 Å². The van der Waals surface area contributed by atoms with Crippen molar-refractivity contribution in [1.29, 1.82) is 0 Å². The van der Waals surface area contributed by atoms with Crippen LogP contribution in [0.1, 0.15) is 17.5 Å². The summed E-state index contributed by atoms with van der Waals surface area (Å²) >= 11 is 7.45. The maximum atomic E-state index is 5.83. The van der Waals surface area contributed by atoms with Crippen molar-refractivity contribution in [2.45, 2.75) is 19.9 Å². The van der Waals surface area contributed by atoms with Gasteiger partial charge < -0.3 is 0 Å². The smallest absolute Gasteiger partial charge is 0.184 e. The van der Waals surface area contributed by atoms with Crippen LogP contribution in [-0.4, -0.2) is 23.0 Å². The monoisotopic (exact) mass is 202 g/mol.